The summed E-state index contributed by atoms with van der Waals surface area (Å²) in [5, 5.41) is 16.4. The molecule has 0 radical (unpaired) electrons. The highest BCUT2D eigenvalue weighted by Crippen LogP contribution is 2.34. The topological polar surface area (TPSA) is 141 Å². The van der Waals surface area contributed by atoms with E-state index in [1.54, 1.807) is 35.2 Å². The average Bonchev–Trinajstić information content (AvgIpc) is 3.73. The standard InChI is InChI=1S/C36H41N5O6/c1-47-34-29(21-28-30(39-34)22-41(36(28)46)26-9-2-3-10-26)35(45)40-17-5-11-32(43)37-16-14-23-12-13-31(42)27(19-23)24-7-4-8-25(20-24)33(44)38-15-6-18-40/h4,7-8,12-13,19-21,26,42H,2-3,5-6,9-11,14-18,22H2,1H3,(H,37,43)(H,38,44). The van der Waals surface area contributed by atoms with Gasteiger partial charge in [-0.15, -0.1) is 0 Å². The van der Waals surface area contributed by atoms with Crippen molar-refractivity contribution in [2.75, 3.05) is 33.3 Å². The van der Waals surface area contributed by atoms with E-state index in [1.165, 1.54) is 7.11 Å². The van der Waals surface area contributed by atoms with Crippen LogP contribution in [-0.4, -0.2) is 82.8 Å². The van der Waals surface area contributed by atoms with Crippen molar-refractivity contribution in [2.24, 2.45) is 0 Å². The van der Waals surface area contributed by atoms with E-state index < -0.39 is 0 Å². The van der Waals surface area contributed by atoms with Crippen LogP contribution in [0.25, 0.3) is 11.1 Å². The number of pyridine rings is 1. The van der Waals surface area contributed by atoms with Gasteiger partial charge in [-0.3, -0.25) is 19.2 Å². The smallest absolute Gasteiger partial charge is 0.259 e. The van der Waals surface area contributed by atoms with E-state index in [0.29, 0.717) is 79.9 Å². The molecule has 3 aromatic rings. The highest BCUT2D eigenvalue weighted by Gasteiger charge is 2.37. The van der Waals surface area contributed by atoms with Crippen LogP contribution >= 0.6 is 0 Å². The molecule has 47 heavy (non-hydrogen) atoms. The molecule has 11 nitrogen and oxygen atoms in total. The quantitative estimate of drug-likeness (QED) is 0.392. The number of benzene rings is 2. The zero-order valence-corrected chi connectivity index (χ0v) is 26.7. The Morgan fingerprint density at radius 2 is 1.68 bits per heavy atom. The molecule has 0 unspecified atom stereocenters. The fourth-order valence-electron chi connectivity index (χ4n) is 6.77. The number of aromatic nitrogens is 1. The number of amides is 4. The average molecular weight is 640 g/mol. The van der Waals surface area contributed by atoms with Crippen molar-refractivity contribution in [1.29, 1.82) is 0 Å². The summed E-state index contributed by atoms with van der Waals surface area (Å²) in [6.45, 7) is 1.74. The molecule has 4 bridgehead atoms. The Bertz CT molecular complexity index is 1680. The van der Waals surface area contributed by atoms with Gasteiger partial charge in [-0.25, -0.2) is 4.98 Å². The number of nitrogens with zero attached hydrogens (tertiary/aromatic N) is 3. The Kier molecular flexibility index (Phi) is 9.70. The molecular weight excluding hydrogens is 598 g/mol. The zero-order chi connectivity index (χ0) is 32.9. The van der Waals surface area contributed by atoms with Crippen LogP contribution in [0.5, 0.6) is 11.6 Å². The lowest BCUT2D eigenvalue weighted by Crippen LogP contribution is -2.36. The third kappa shape index (κ3) is 7.08. The van der Waals surface area contributed by atoms with E-state index in [4.69, 9.17) is 4.74 Å². The Morgan fingerprint density at radius 1 is 0.894 bits per heavy atom. The van der Waals surface area contributed by atoms with Crippen LogP contribution < -0.4 is 15.4 Å². The van der Waals surface area contributed by atoms with Crippen LogP contribution in [0.2, 0.25) is 0 Å². The number of carbonyl (C=O) groups excluding carboxylic acids is 4. The van der Waals surface area contributed by atoms with Gasteiger partial charge in [-0.2, -0.15) is 0 Å². The molecule has 1 aliphatic carbocycles. The first-order chi connectivity index (χ1) is 22.8. The number of phenols is 1. The number of fused-ring (bicyclic) bond motifs is 6. The summed E-state index contributed by atoms with van der Waals surface area (Å²) in [6.07, 6.45) is 5.82. The Morgan fingerprint density at radius 3 is 2.49 bits per heavy atom. The van der Waals surface area contributed by atoms with Gasteiger partial charge in [0.2, 0.25) is 11.8 Å². The number of ether oxygens (including phenoxy) is 1. The Hall–Kier alpha value is -4.93. The van der Waals surface area contributed by atoms with Crippen molar-refractivity contribution in [1.82, 2.24) is 25.4 Å². The van der Waals surface area contributed by atoms with E-state index in [9.17, 15) is 24.3 Å². The summed E-state index contributed by atoms with van der Waals surface area (Å²) in [5.41, 5.74) is 3.97. The number of phenolic OH excluding ortho intramolecular Hbond substituents is 1. The molecule has 1 aromatic heterocycles. The maximum absolute atomic E-state index is 14.0. The lowest BCUT2D eigenvalue weighted by Gasteiger charge is -2.24. The molecule has 3 aliphatic rings. The molecule has 2 aliphatic heterocycles. The maximum Gasteiger partial charge on any atom is 0.259 e. The van der Waals surface area contributed by atoms with Crippen LogP contribution in [0.15, 0.2) is 48.5 Å². The number of aromatic hydroxyl groups is 1. The molecule has 3 heterocycles. The van der Waals surface area contributed by atoms with Gasteiger partial charge in [0.1, 0.15) is 11.3 Å². The number of hydrogen-bond acceptors (Lipinski definition) is 7. The maximum atomic E-state index is 14.0. The van der Waals surface area contributed by atoms with Gasteiger partial charge in [-0.1, -0.05) is 31.0 Å². The lowest BCUT2D eigenvalue weighted by atomic mass is 9.98. The largest absolute Gasteiger partial charge is 0.507 e. The molecule has 0 saturated heterocycles. The summed E-state index contributed by atoms with van der Waals surface area (Å²) in [5.74, 6) is -0.542. The number of nitrogens with one attached hydrogen (secondary N) is 2. The minimum atomic E-state index is -0.339. The normalized spacial score (nSPS) is 18.1. The summed E-state index contributed by atoms with van der Waals surface area (Å²) < 4.78 is 5.56. The molecule has 0 atom stereocenters. The minimum absolute atomic E-state index is 0.100. The third-order valence-corrected chi connectivity index (χ3v) is 9.31. The van der Waals surface area contributed by atoms with Crippen LogP contribution in [-0.2, 0) is 17.8 Å². The summed E-state index contributed by atoms with van der Waals surface area (Å²) in [7, 11) is 1.46. The molecule has 1 fully saturated rings. The Balaban J connectivity index is 1.21. The van der Waals surface area contributed by atoms with Gasteiger partial charge in [0.25, 0.3) is 17.7 Å². The zero-order valence-electron chi connectivity index (χ0n) is 26.7. The first kappa shape index (κ1) is 32.0. The molecular formula is C36H41N5O6. The van der Waals surface area contributed by atoms with Crippen molar-refractivity contribution in [2.45, 2.75) is 64.0 Å². The van der Waals surface area contributed by atoms with E-state index in [0.717, 1.165) is 31.2 Å². The molecule has 246 valence electrons. The second-order valence-electron chi connectivity index (χ2n) is 12.4. The van der Waals surface area contributed by atoms with E-state index in [1.807, 2.05) is 23.1 Å². The number of rotatable bonds is 3. The molecule has 3 N–H and O–H groups in total. The first-order valence-corrected chi connectivity index (χ1v) is 16.5. The minimum Gasteiger partial charge on any atom is -0.507 e. The second-order valence-corrected chi connectivity index (χ2v) is 12.4. The second kappa shape index (κ2) is 14.2. The molecule has 4 amide bonds. The van der Waals surface area contributed by atoms with Gasteiger partial charge < -0.3 is 30.3 Å². The molecule has 11 heteroatoms. The lowest BCUT2D eigenvalue weighted by molar-refractivity contribution is -0.121. The molecule has 2 aromatic carbocycles. The van der Waals surface area contributed by atoms with E-state index in [2.05, 4.69) is 15.6 Å². The van der Waals surface area contributed by atoms with E-state index in [-0.39, 0.29) is 53.3 Å². The summed E-state index contributed by atoms with van der Waals surface area (Å²) >= 11 is 0. The summed E-state index contributed by atoms with van der Waals surface area (Å²) in [4.78, 5) is 61.4. The highest BCUT2D eigenvalue weighted by molar-refractivity contribution is 6.03. The van der Waals surface area contributed by atoms with E-state index >= 15 is 0 Å². The van der Waals surface area contributed by atoms with Crippen LogP contribution in [0.4, 0.5) is 0 Å². The van der Waals surface area contributed by atoms with Crippen molar-refractivity contribution in [3.05, 3.63) is 76.5 Å². The molecule has 0 spiro atoms. The van der Waals surface area contributed by atoms with Crippen molar-refractivity contribution in [3.63, 3.8) is 0 Å². The third-order valence-electron chi connectivity index (χ3n) is 9.31. The molecule has 6 rings (SSSR count). The number of methoxy groups -OCH3 is 1. The molecule has 1 saturated carbocycles. The fraction of sp³-hybridized carbons (Fsp3) is 0.417. The Labute approximate surface area is 274 Å². The van der Waals surface area contributed by atoms with Gasteiger partial charge in [-0.05, 0) is 73.6 Å². The monoisotopic (exact) mass is 639 g/mol. The van der Waals surface area contributed by atoms with Crippen molar-refractivity contribution < 1.29 is 29.0 Å². The van der Waals surface area contributed by atoms with Gasteiger partial charge in [0.15, 0.2) is 0 Å². The van der Waals surface area contributed by atoms with Crippen molar-refractivity contribution >= 4 is 23.6 Å². The van der Waals surface area contributed by atoms with Gasteiger partial charge >= 0.3 is 0 Å². The van der Waals surface area contributed by atoms with Crippen LogP contribution in [0, 0.1) is 0 Å². The van der Waals surface area contributed by atoms with Crippen molar-refractivity contribution in [3.8, 4) is 22.8 Å². The number of carbonyl (C=O) groups is 4. The van der Waals surface area contributed by atoms with Gasteiger partial charge in [0, 0.05) is 49.8 Å². The highest BCUT2D eigenvalue weighted by atomic mass is 16.5. The van der Waals surface area contributed by atoms with Crippen LogP contribution in [0.1, 0.15) is 87.3 Å². The fourth-order valence-corrected chi connectivity index (χ4v) is 6.77. The summed E-state index contributed by atoms with van der Waals surface area (Å²) in [6, 6.07) is 14.2. The van der Waals surface area contributed by atoms with Gasteiger partial charge in [0.05, 0.1) is 24.9 Å². The predicted molar refractivity (Wildman–Crippen MR) is 175 cm³/mol. The van der Waals surface area contributed by atoms with Crippen LogP contribution in [0.3, 0.4) is 0 Å². The predicted octanol–water partition coefficient (Wildman–Crippen LogP) is 4.08. The SMILES string of the molecule is COc1nc2c(cc1C(=O)N1CCCNC(=O)c3cccc(c3)-c3cc(ccc3O)CCNC(=O)CCC1)C(=O)N(C1CCCC1)C2. The first-order valence-electron chi connectivity index (χ1n) is 16.5. The number of hydrogen-bond donors (Lipinski definition) is 3.